The van der Waals surface area contributed by atoms with Crippen LogP contribution in [0.1, 0.15) is 0 Å². The molecule has 0 radical (unpaired) electrons. The fraction of sp³-hybridized carbons (Fsp3) is 0.0667. The molecule has 3 rings (SSSR count). The number of rotatable bonds is 4. The summed E-state index contributed by atoms with van der Waals surface area (Å²) < 4.78 is 0. The normalized spacial score (nSPS) is 10.7. The summed E-state index contributed by atoms with van der Waals surface area (Å²) in [5.74, 6) is 0.217. The minimum Gasteiger partial charge on any atom is -0.399 e. The number of para-hydroxylation sites is 2. The van der Waals surface area contributed by atoms with E-state index in [1.54, 1.807) is 24.3 Å². The number of hydrogen-bond acceptors (Lipinski definition) is 4. The molecule has 5 nitrogen and oxygen atoms in total. The predicted octanol–water partition coefficient (Wildman–Crippen LogP) is 2.88. The Bertz CT molecular complexity index is 734. The highest BCUT2D eigenvalue weighted by atomic mass is 32.2. The summed E-state index contributed by atoms with van der Waals surface area (Å²) in [7, 11) is 0. The molecule has 0 atom stereocenters. The number of carbonyl (C=O) groups excluding carboxylic acids is 1. The van der Waals surface area contributed by atoms with E-state index in [0.717, 1.165) is 21.9 Å². The summed E-state index contributed by atoms with van der Waals surface area (Å²) in [5, 5.41) is 3.56. The topological polar surface area (TPSA) is 83.8 Å². The lowest BCUT2D eigenvalue weighted by Gasteiger charge is -2.04. The van der Waals surface area contributed by atoms with Crippen molar-refractivity contribution >= 4 is 40.1 Å². The van der Waals surface area contributed by atoms with Gasteiger partial charge in [0.1, 0.15) is 0 Å². The van der Waals surface area contributed by atoms with E-state index in [2.05, 4.69) is 15.3 Å². The Balaban J connectivity index is 1.59. The van der Waals surface area contributed by atoms with Gasteiger partial charge in [-0.1, -0.05) is 23.9 Å². The van der Waals surface area contributed by atoms with Gasteiger partial charge < -0.3 is 16.0 Å². The Morgan fingerprint density at radius 2 is 1.95 bits per heavy atom. The number of carbonyl (C=O) groups is 1. The Morgan fingerprint density at radius 3 is 2.71 bits per heavy atom. The standard InChI is InChI=1S/C15H14N4OS/c16-10-5-7-11(8-6-10)17-14(20)9-21-15-18-12-3-1-2-4-13(12)19-15/h1-8H,9,16H2,(H,17,20)(H,18,19). The summed E-state index contributed by atoms with van der Waals surface area (Å²) in [6, 6.07) is 14.8. The van der Waals surface area contributed by atoms with Gasteiger partial charge in [0.2, 0.25) is 5.91 Å². The van der Waals surface area contributed by atoms with Crippen LogP contribution in [0.2, 0.25) is 0 Å². The van der Waals surface area contributed by atoms with Crippen molar-refractivity contribution in [3.63, 3.8) is 0 Å². The first-order chi connectivity index (χ1) is 10.2. The quantitative estimate of drug-likeness (QED) is 0.511. The Kier molecular flexibility index (Phi) is 3.79. The largest absolute Gasteiger partial charge is 0.399 e. The molecular formula is C15H14N4OS. The lowest BCUT2D eigenvalue weighted by Crippen LogP contribution is -2.14. The van der Waals surface area contributed by atoms with Crippen LogP contribution in [0.25, 0.3) is 11.0 Å². The van der Waals surface area contributed by atoms with Gasteiger partial charge in [0.05, 0.1) is 16.8 Å². The van der Waals surface area contributed by atoms with Crippen LogP contribution in [-0.4, -0.2) is 21.6 Å². The number of thioether (sulfide) groups is 1. The number of amides is 1. The molecule has 1 amide bonds. The maximum atomic E-state index is 11.9. The number of hydrogen-bond donors (Lipinski definition) is 3. The molecule has 0 aliphatic rings. The van der Waals surface area contributed by atoms with E-state index in [9.17, 15) is 4.79 Å². The van der Waals surface area contributed by atoms with Crippen molar-refractivity contribution in [2.75, 3.05) is 16.8 Å². The highest BCUT2D eigenvalue weighted by Crippen LogP contribution is 2.19. The van der Waals surface area contributed by atoms with Gasteiger partial charge in [-0.3, -0.25) is 4.79 Å². The number of nitrogen functional groups attached to an aromatic ring is 1. The highest BCUT2D eigenvalue weighted by Gasteiger charge is 2.07. The number of nitrogens with zero attached hydrogens (tertiary/aromatic N) is 1. The molecule has 0 spiro atoms. The van der Waals surface area contributed by atoms with Crippen LogP contribution in [0, 0.1) is 0 Å². The lowest BCUT2D eigenvalue weighted by molar-refractivity contribution is -0.113. The van der Waals surface area contributed by atoms with Crippen molar-refractivity contribution in [3.8, 4) is 0 Å². The monoisotopic (exact) mass is 298 g/mol. The zero-order valence-corrected chi connectivity index (χ0v) is 12.0. The molecule has 0 saturated heterocycles. The van der Waals surface area contributed by atoms with Crippen LogP contribution >= 0.6 is 11.8 Å². The fourth-order valence-corrected chi connectivity index (χ4v) is 2.58. The van der Waals surface area contributed by atoms with Crippen molar-refractivity contribution < 1.29 is 4.79 Å². The molecule has 0 fully saturated rings. The van der Waals surface area contributed by atoms with Gasteiger partial charge in [0.15, 0.2) is 5.16 Å². The average Bonchev–Trinajstić information content (AvgIpc) is 2.90. The summed E-state index contributed by atoms with van der Waals surface area (Å²) in [6.07, 6.45) is 0. The number of aromatic nitrogens is 2. The zero-order valence-electron chi connectivity index (χ0n) is 11.2. The van der Waals surface area contributed by atoms with Crippen molar-refractivity contribution in [3.05, 3.63) is 48.5 Å². The average molecular weight is 298 g/mol. The first kappa shape index (κ1) is 13.5. The Labute approximate surface area is 126 Å². The van der Waals surface area contributed by atoms with E-state index < -0.39 is 0 Å². The van der Waals surface area contributed by atoms with Crippen LogP contribution in [-0.2, 0) is 4.79 Å². The maximum Gasteiger partial charge on any atom is 0.234 e. The van der Waals surface area contributed by atoms with E-state index in [1.165, 1.54) is 11.8 Å². The third kappa shape index (κ3) is 3.35. The fourth-order valence-electron chi connectivity index (χ4n) is 1.90. The van der Waals surface area contributed by atoms with Gasteiger partial charge >= 0.3 is 0 Å². The third-order valence-electron chi connectivity index (χ3n) is 2.90. The molecule has 0 aliphatic carbocycles. The molecule has 21 heavy (non-hydrogen) atoms. The van der Waals surface area contributed by atoms with Gasteiger partial charge in [0.25, 0.3) is 0 Å². The molecule has 6 heteroatoms. The smallest absolute Gasteiger partial charge is 0.234 e. The van der Waals surface area contributed by atoms with Crippen LogP contribution < -0.4 is 11.1 Å². The van der Waals surface area contributed by atoms with E-state index in [-0.39, 0.29) is 5.91 Å². The second kappa shape index (κ2) is 5.88. The van der Waals surface area contributed by atoms with Gasteiger partial charge in [-0.15, -0.1) is 0 Å². The number of nitrogens with two attached hydrogens (primary N) is 1. The van der Waals surface area contributed by atoms with Gasteiger partial charge in [-0.05, 0) is 36.4 Å². The van der Waals surface area contributed by atoms with Crippen LogP contribution in [0.3, 0.4) is 0 Å². The summed E-state index contributed by atoms with van der Waals surface area (Å²) in [4.78, 5) is 19.5. The second-order valence-electron chi connectivity index (χ2n) is 4.52. The van der Waals surface area contributed by atoms with E-state index in [4.69, 9.17) is 5.73 Å². The van der Waals surface area contributed by atoms with E-state index in [1.807, 2.05) is 24.3 Å². The SMILES string of the molecule is Nc1ccc(NC(=O)CSc2nc3ccccc3[nH]2)cc1. The predicted molar refractivity (Wildman–Crippen MR) is 86.3 cm³/mol. The van der Waals surface area contributed by atoms with Crippen molar-refractivity contribution in [1.82, 2.24) is 9.97 Å². The van der Waals surface area contributed by atoms with Crippen molar-refractivity contribution in [1.29, 1.82) is 0 Å². The first-order valence-electron chi connectivity index (χ1n) is 6.44. The summed E-state index contributed by atoms with van der Waals surface area (Å²) >= 11 is 1.37. The van der Waals surface area contributed by atoms with Gasteiger partial charge in [0, 0.05) is 11.4 Å². The maximum absolute atomic E-state index is 11.9. The molecule has 0 bridgehead atoms. The number of nitrogens with one attached hydrogen (secondary N) is 2. The van der Waals surface area contributed by atoms with E-state index in [0.29, 0.717) is 11.4 Å². The number of benzene rings is 2. The Morgan fingerprint density at radius 1 is 1.19 bits per heavy atom. The molecule has 106 valence electrons. The number of aromatic amines is 1. The first-order valence-corrected chi connectivity index (χ1v) is 7.42. The molecule has 4 N–H and O–H groups in total. The zero-order chi connectivity index (χ0) is 14.7. The number of H-pyrrole nitrogens is 1. The molecule has 1 heterocycles. The summed E-state index contributed by atoms with van der Waals surface area (Å²) in [6.45, 7) is 0. The molecule has 3 aromatic rings. The van der Waals surface area contributed by atoms with Crippen LogP contribution in [0.15, 0.2) is 53.7 Å². The minimum atomic E-state index is -0.0785. The minimum absolute atomic E-state index is 0.0785. The molecule has 0 aliphatic heterocycles. The lowest BCUT2D eigenvalue weighted by atomic mass is 10.3. The third-order valence-corrected chi connectivity index (χ3v) is 3.78. The Hall–Kier alpha value is -2.47. The van der Waals surface area contributed by atoms with Gasteiger partial charge in [-0.25, -0.2) is 4.98 Å². The number of imidazole rings is 1. The molecule has 1 aromatic heterocycles. The second-order valence-corrected chi connectivity index (χ2v) is 5.48. The number of anilines is 2. The molecule has 0 saturated carbocycles. The molecule has 0 unspecified atom stereocenters. The van der Waals surface area contributed by atoms with Crippen molar-refractivity contribution in [2.24, 2.45) is 0 Å². The van der Waals surface area contributed by atoms with Gasteiger partial charge in [-0.2, -0.15) is 0 Å². The van der Waals surface area contributed by atoms with Crippen LogP contribution in [0.5, 0.6) is 0 Å². The summed E-state index contributed by atoms with van der Waals surface area (Å²) in [5.41, 5.74) is 8.88. The molecular weight excluding hydrogens is 284 g/mol. The highest BCUT2D eigenvalue weighted by molar-refractivity contribution is 7.99. The van der Waals surface area contributed by atoms with E-state index >= 15 is 0 Å². The van der Waals surface area contributed by atoms with Crippen molar-refractivity contribution in [2.45, 2.75) is 5.16 Å². The number of fused-ring (bicyclic) bond motifs is 1. The molecule has 2 aromatic carbocycles. The van der Waals surface area contributed by atoms with Crippen LogP contribution in [0.4, 0.5) is 11.4 Å².